The van der Waals surface area contributed by atoms with Crippen LogP contribution in [-0.2, 0) is 9.59 Å². The van der Waals surface area contributed by atoms with E-state index in [1.807, 2.05) is 6.92 Å². The van der Waals surface area contributed by atoms with Crippen molar-refractivity contribution in [1.29, 1.82) is 0 Å². The maximum atomic E-state index is 12.1. The van der Waals surface area contributed by atoms with E-state index in [-0.39, 0.29) is 24.5 Å². The molecule has 1 aliphatic heterocycles. The number of aliphatic hydroxyl groups is 1. The molecule has 0 aromatic carbocycles. The molecule has 2 fully saturated rings. The molecule has 0 aromatic rings. The van der Waals surface area contributed by atoms with Crippen LogP contribution >= 0.6 is 0 Å². The molecule has 90 valence electrons. The van der Waals surface area contributed by atoms with Gasteiger partial charge >= 0.3 is 5.97 Å². The van der Waals surface area contributed by atoms with Crippen LogP contribution in [0, 0.1) is 11.3 Å². The van der Waals surface area contributed by atoms with E-state index in [4.69, 9.17) is 5.11 Å². The van der Waals surface area contributed by atoms with Gasteiger partial charge in [-0.1, -0.05) is 6.92 Å². The lowest BCUT2D eigenvalue weighted by molar-refractivity contribution is -0.154. The fraction of sp³-hybridized carbons (Fsp3) is 0.818. The van der Waals surface area contributed by atoms with Gasteiger partial charge < -0.3 is 15.1 Å². The van der Waals surface area contributed by atoms with E-state index in [1.54, 1.807) is 4.90 Å². The van der Waals surface area contributed by atoms with Crippen molar-refractivity contribution >= 4 is 11.9 Å². The number of amides is 1. The van der Waals surface area contributed by atoms with E-state index in [2.05, 4.69) is 0 Å². The number of carboxylic acid groups (broad SMARTS) is 1. The lowest BCUT2D eigenvalue weighted by atomic mass is 10.0. The molecule has 5 heteroatoms. The minimum Gasteiger partial charge on any atom is -0.480 e. The molecule has 5 nitrogen and oxygen atoms in total. The first kappa shape index (κ1) is 11.4. The lowest BCUT2D eigenvalue weighted by Gasteiger charge is -2.27. The van der Waals surface area contributed by atoms with E-state index in [0.29, 0.717) is 19.4 Å². The van der Waals surface area contributed by atoms with Crippen molar-refractivity contribution in [1.82, 2.24) is 4.90 Å². The molecule has 0 radical (unpaired) electrons. The number of hydrogen-bond donors (Lipinski definition) is 2. The van der Waals surface area contributed by atoms with Gasteiger partial charge in [-0.05, 0) is 25.2 Å². The number of carbonyl (C=O) groups excluding carboxylic acids is 1. The summed E-state index contributed by atoms with van der Waals surface area (Å²) in [6, 6.07) is -0.204. The molecule has 1 aliphatic carbocycles. The summed E-state index contributed by atoms with van der Waals surface area (Å²) in [6.45, 7) is 2.47. The summed E-state index contributed by atoms with van der Waals surface area (Å²) in [5, 5.41) is 18.3. The maximum absolute atomic E-state index is 12.1. The van der Waals surface area contributed by atoms with E-state index in [1.165, 1.54) is 0 Å². The predicted molar refractivity (Wildman–Crippen MR) is 55.7 cm³/mol. The number of aliphatic hydroxyl groups excluding tert-OH is 1. The van der Waals surface area contributed by atoms with Crippen LogP contribution in [-0.4, -0.2) is 46.2 Å². The molecule has 1 saturated carbocycles. The van der Waals surface area contributed by atoms with Gasteiger partial charge in [-0.25, -0.2) is 0 Å². The maximum Gasteiger partial charge on any atom is 0.319 e. The van der Waals surface area contributed by atoms with E-state index in [9.17, 15) is 14.7 Å². The molecule has 16 heavy (non-hydrogen) atoms. The quantitative estimate of drug-likeness (QED) is 0.669. The molecule has 2 unspecified atom stereocenters. The molecule has 2 N–H and O–H groups in total. The van der Waals surface area contributed by atoms with E-state index in [0.717, 1.165) is 6.42 Å². The molecule has 0 spiro atoms. The fourth-order valence-corrected chi connectivity index (χ4v) is 2.46. The van der Waals surface area contributed by atoms with Crippen LogP contribution < -0.4 is 0 Å². The molecule has 1 heterocycles. The highest BCUT2D eigenvalue weighted by Crippen LogP contribution is 2.48. The second kappa shape index (κ2) is 3.73. The third kappa shape index (κ3) is 1.50. The fourth-order valence-electron chi connectivity index (χ4n) is 2.46. The molecule has 2 atom stereocenters. The number of nitrogens with zero attached hydrogens (tertiary/aromatic N) is 1. The Bertz CT molecular complexity index is 324. The Kier molecular flexibility index (Phi) is 2.66. The van der Waals surface area contributed by atoms with Gasteiger partial charge in [0.2, 0.25) is 5.91 Å². The minimum absolute atomic E-state index is 0.0807. The molecule has 2 rings (SSSR count). The molecule has 0 aromatic heterocycles. The topological polar surface area (TPSA) is 77.8 Å². The van der Waals surface area contributed by atoms with Crippen LogP contribution in [0.25, 0.3) is 0 Å². The van der Waals surface area contributed by atoms with Gasteiger partial charge in [0.1, 0.15) is 5.41 Å². The zero-order valence-electron chi connectivity index (χ0n) is 9.35. The van der Waals surface area contributed by atoms with Gasteiger partial charge in [0.05, 0.1) is 12.6 Å². The first-order valence-corrected chi connectivity index (χ1v) is 5.68. The van der Waals surface area contributed by atoms with Gasteiger partial charge in [0, 0.05) is 6.54 Å². The average molecular weight is 227 g/mol. The van der Waals surface area contributed by atoms with Crippen molar-refractivity contribution in [3.05, 3.63) is 0 Å². The van der Waals surface area contributed by atoms with E-state index >= 15 is 0 Å². The Hall–Kier alpha value is -1.10. The van der Waals surface area contributed by atoms with Gasteiger partial charge in [-0.15, -0.1) is 0 Å². The third-order valence-corrected chi connectivity index (χ3v) is 3.90. The number of hydrogen-bond acceptors (Lipinski definition) is 3. The largest absolute Gasteiger partial charge is 0.480 e. The van der Waals surface area contributed by atoms with Crippen molar-refractivity contribution in [2.24, 2.45) is 11.3 Å². The van der Waals surface area contributed by atoms with Crippen molar-refractivity contribution in [2.45, 2.75) is 32.2 Å². The third-order valence-electron chi connectivity index (χ3n) is 3.90. The summed E-state index contributed by atoms with van der Waals surface area (Å²) in [7, 11) is 0. The van der Waals surface area contributed by atoms with Crippen molar-refractivity contribution in [3.63, 3.8) is 0 Å². The van der Waals surface area contributed by atoms with Crippen molar-refractivity contribution in [3.8, 4) is 0 Å². The first-order chi connectivity index (χ1) is 7.53. The zero-order valence-corrected chi connectivity index (χ0v) is 9.35. The number of carbonyl (C=O) groups is 2. The average Bonchev–Trinajstić information content (AvgIpc) is 2.97. The summed E-state index contributed by atoms with van der Waals surface area (Å²) in [6.07, 6.45) is 1.71. The first-order valence-electron chi connectivity index (χ1n) is 5.68. The summed E-state index contributed by atoms with van der Waals surface area (Å²) in [5.74, 6) is -1.07. The number of likely N-dealkylation sites (tertiary alicyclic amines) is 1. The second-order valence-electron chi connectivity index (χ2n) is 4.90. The Morgan fingerprint density at radius 1 is 1.44 bits per heavy atom. The molecular formula is C11H17NO4. The van der Waals surface area contributed by atoms with Crippen molar-refractivity contribution < 1.29 is 19.8 Å². The Balaban J connectivity index is 2.14. The SMILES string of the molecule is CC1CCN(C(=O)C2(C(=O)O)CC2)C1CO. The number of aliphatic carboxylic acids is 1. The molecular weight excluding hydrogens is 210 g/mol. The second-order valence-corrected chi connectivity index (χ2v) is 4.90. The normalized spacial score (nSPS) is 31.5. The number of carboxylic acids is 1. The Morgan fingerprint density at radius 3 is 2.50 bits per heavy atom. The van der Waals surface area contributed by atoms with Crippen LogP contribution in [0.2, 0.25) is 0 Å². The van der Waals surface area contributed by atoms with Gasteiger partial charge in [0.15, 0.2) is 0 Å². The highest BCUT2D eigenvalue weighted by Gasteiger charge is 2.59. The molecule has 0 bridgehead atoms. The minimum atomic E-state index is -1.17. The molecule has 1 amide bonds. The monoisotopic (exact) mass is 227 g/mol. The zero-order chi connectivity index (χ0) is 11.9. The van der Waals surface area contributed by atoms with Crippen LogP contribution in [0.3, 0.4) is 0 Å². The van der Waals surface area contributed by atoms with Gasteiger partial charge in [-0.3, -0.25) is 9.59 Å². The predicted octanol–water partition coefficient (Wildman–Crippen LogP) is 0.0805. The number of rotatable bonds is 3. The molecule has 1 saturated heterocycles. The van der Waals surface area contributed by atoms with Crippen LogP contribution in [0.4, 0.5) is 0 Å². The van der Waals surface area contributed by atoms with Gasteiger partial charge in [-0.2, -0.15) is 0 Å². The molecule has 2 aliphatic rings. The smallest absolute Gasteiger partial charge is 0.319 e. The summed E-state index contributed by atoms with van der Waals surface area (Å²) in [5.41, 5.74) is -1.17. The van der Waals surface area contributed by atoms with Crippen LogP contribution in [0.5, 0.6) is 0 Å². The standard InChI is InChI=1S/C11H17NO4/c1-7-2-5-12(8(7)6-13)9(14)11(3-4-11)10(15)16/h7-8,13H,2-6H2,1H3,(H,15,16). The van der Waals surface area contributed by atoms with Gasteiger partial charge in [0.25, 0.3) is 0 Å². The highest BCUT2D eigenvalue weighted by molar-refractivity contribution is 6.05. The summed E-state index contributed by atoms with van der Waals surface area (Å²) < 4.78 is 0. The Labute approximate surface area is 94.0 Å². The van der Waals surface area contributed by atoms with E-state index < -0.39 is 11.4 Å². The lowest BCUT2D eigenvalue weighted by Crippen LogP contribution is -2.46. The Morgan fingerprint density at radius 2 is 2.06 bits per heavy atom. The highest BCUT2D eigenvalue weighted by atomic mass is 16.4. The summed E-state index contributed by atoms with van der Waals surface area (Å²) in [4.78, 5) is 24.7. The van der Waals surface area contributed by atoms with Crippen LogP contribution in [0.15, 0.2) is 0 Å². The van der Waals surface area contributed by atoms with Crippen molar-refractivity contribution in [2.75, 3.05) is 13.2 Å². The summed E-state index contributed by atoms with van der Waals surface area (Å²) >= 11 is 0. The van der Waals surface area contributed by atoms with Crippen LogP contribution in [0.1, 0.15) is 26.2 Å².